The molecule has 5 heavy (non-hydrogen) atoms. The van der Waals surface area contributed by atoms with E-state index in [-0.39, 0.29) is 12.3 Å². The Morgan fingerprint density at radius 3 is 1.40 bits per heavy atom. The number of nitrogens with one attached hydrogen (secondary N) is 1. The summed E-state index contributed by atoms with van der Waals surface area (Å²) in [5.41, 5.74) is 0. The third-order valence-corrected chi connectivity index (χ3v) is 0. The molecule has 0 aliphatic rings. The van der Waals surface area contributed by atoms with E-state index in [1.54, 1.807) is 5.87 Å². The first-order chi connectivity index (χ1) is 1.41. The van der Waals surface area contributed by atoms with Crippen molar-refractivity contribution < 1.29 is 0 Å². The molecule has 0 saturated heterocycles. The molecule has 0 bridgehead atoms. The van der Waals surface area contributed by atoms with Crippen LogP contribution in [0.25, 0.3) is 0 Å². The van der Waals surface area contributed by atoms with Crippen LogP contribution in [-0.4, -0.2) is 5.87 Å². The average molecular weight is 75.1 g/mol. The molecule has 0 aromatic carbocycles. The van der Waals surface area contributed by atoms with E-state index < -0.39 is 0 Å². The maximum atomic E-state index is 5.85. The molecule has 0 aromatic rings. The molecule has 0 aliphatic carbocycles. The van der Waals surface area contributed by atoms with Crippen molar-refractivity contribution in [2.24, 2.45) is 0 Å². The molecule has 7 N–H and O–H groups in total. The summed E-state index contributed by atoms with van der Waals surface area (Å²) in [6, 6.07) is 0. The SMILES string of the molecule is C=C=N.N.N. The molecule has 3 heteroatoms. The highest BCUT2D eigenvalue weighted by Gasteiger charge is 0.918. The molecule has 0 fully saturated rings. The zero-order chi connectivity index (χ0) is 2.71. The van der Waals surface area contributed by atoms with Crippen LogP contribution in [0.3, 0.4) is 0 Å². The molecular weight excluding hydrogens is 66.0 g/mol. The second-order valence-corrected chi connectivity index (χ2v) is 0.177. The Labute approximate surface area is 31.4 Å². The van der Waals surface area contributed by atoms with E-state index in [0.717, 1.165) is 0 Å². The van der Waals surface area contributed by atoms with Crippen molar-refractivity contribution in [3.63, 3.8) is 0 Å². The van der Waals surface area contributed by atoms with E-state index in [9.17, 15) is 0 Å². The van der Waals surface area contributed by atoms with Crippen LogP contribution < -0.4 is 12.3 Å². The second-order valence-electron chi connectivity index (χ2n) is 0.177. The topological polar surface area (TPSA) is 93.8 Å². The first-order valence-corrected chi connectivity index (χ1v) is 0.604. The van der Waals surface area contributed by atoms with Crippen LogP contribution in [0.15, 0.2) is 6.58 Å². The molecule has 0 atom stereocenters. The van der Waals surface area contributed by atoms with Gasteiger partial charge in [-0.1, -0.05) is 0 Å². The van der Waals surface area contributed by atoms with Gasteiger partial charge in [0.25, 0.3) is 0 Å². The van der Waals surface area contributed by atoms with Crippen molar-refractivity contribution in [1.29, 1.82) is 5.41 Å². The van der Waals surface area contributed by atoms with Crippen LogP contribution in [-0.2, 0) is 0 Å². The summed E-state index contributed by atoms with van der Waals surface area (Å²) in [7, 11) is 0. The van der Waals surface area contributed by atoms with E-state index in [4.69, 9.17) is 5.41 Å². The number of hydrogen-bond donors (Lipinski definition) is 3. The van der Waals surface area contributed by atoms with Crippen molar-refractivity contribution in [1.82, 2.24) is 12.3 Å². The molecular formula is C2H9N3. The molecule has 0 saturated carbocycles. The average Bonchev–Trinajstić information content (AvgIpc) is 0.918. The second kappa shape index (κ2) is 138. The van der Waals surface area contributed by atoms with E-state index in [0.29, 0.717) is 0 Å². The molecule has 0 amide bonds. The van der Waals surface area contributed by atoms with Crippen LogP contribution in [0.5, 0.6) is 0 Å². The van der Waals surface area contributed by atoms with E-state index in [1.807, 2.05) is 0 Å². The fourth-order valence-corrected chi connectivity index (χ4v) is 0. The van der Waals surface area contributed by atoms with Crippen molar-refractivity contribution in [2.45, 2.75) is 0 Å². The molecule has 0 unspecified atom stereocenters. The highest BCUT2D eigenvalue weighted by molar-refractivity contribution is 5.41. The van der Waals surface area contributed by atoms with Gasteiger partial charge in [0.2, 0.25) is 0 Å². The summed E-state index contributed by atoms with van der Waals surface area (Å²) in [4.78, 5) is 0. The van der Waals surface area contributed by atoms with Gasteiger partial charge in [-0.3, -0.25) is 5.41 Å². The lowest BCUT2D eigenvalue weighted by molar-refractivity contribution is 1.60. The highest BCUT2D eigenvalue weighted by atomic mass is 14.3. The van der Waals surface area contributed by atoms with E-state index in [2.05, 4.69) is 6.58 Å². The zero-order valence-corrected chi connectivity index (χ0v) is 3.12. The van der Waals surface area contributed by atoms with Crippen molar-refractivity contribution in [3.05, 3.63) is 6.58 Å². The zero-order valence-electron chi connectivity index (χ0n) is 3.12. The Bertz CT molecular complexity index is 25.9. The molecule has 32 valence electrons. The van der Waals surface area contributed by atoms with Gasteiger partial charge < -0.3 is 12.3 Å². The van der Waals surface area contributed by atoms with Crippen molar-refractivity contribution in [3.8, 4) is 0 Å². The summed E-state index contributed by atoms with van der Waals surface area (Å²) in [5.74, 6) is 1.75. The summed E-state index contributed by atoms with van der Waals surface area (Å²) in [6.07, 6.45) is 0. The van der Waals surface area contributed by atoms with Crippen molar-refractivity contribution in [2.75, 3.05) is 0 Å². The highest BCUT2D eigenvalue weighted by Crippen LogP contribution is 0.942. The van der Waals surface area contributed by atoms with Gasteiger partial charge >= 0.3 is 0 Å². The van der Waals surface area contributed by atoms with Gasteiger partial charge in [0.1, 0.15) is 0 Å². The normalized spacial score (nSPS) is 1.60. The van der Waals surface area contributed by atoms with Gasteiger partial charge in [-0.05, 0) is 12.4 Å². The maximum Gasteiger partial charge on any atom is -0.0306 e. The van der Waals surface area contributed by atoms with Gasteiger partial charge in [0.15, 0.2) is 0 Å². The standard InChI is InChI=1S/C2H3N.2H3N/c1-2-3;;/h3H,1H2;2*1H3. The van der Waals surface area contributed by atoms with Gasteiger partial charge in [-0.2, -0.15) is 0 Å². The smallest absolute Gasteiger partial charge is 0.0306 e. The third-order valence-electron chi connectivity index (χ3n) is 0. The van der Waals surface area contributed by atoms with Crippen LogP contribution in [0.2, 0.25) is 0 Å². The quantitative estimate of drug-likeness (QED) is 0.370. The fourth-order valence-electron chi connectivity index (χ4n) is 0. The summed E-state index contributed by atoms with van der Waals surface area (Å²) < 4.78 is 0. The van der Waals surface area contributed by atoms with Gasteiger partial charge in [-0.25, -0.2) is 0 Å². The molecule has 3 nitrogen and oxygen atoms in total. The maximum absolute atomic E-state index is 5.85. The lowest BCUT2D eigenvalue weighted by Gasteiger charge is -1.10. The van der Waals surface area contributed by atoms with Gasteiger partial charge in [0, 0.05) is 0 Å². The van der Waals surface area contributed by atoms with Crippen LogP contribution in [0, 0.1) is 5.41 Å². The van der Waals surface area contributed by atoms with Gasteiger partial charge in [0.05, 0.1) is 0 Å². The Hall–Kier alpha value is -0.630. The minimum atomic E-state index is 0. The molecule has 0 radical (unpaired) electrons. The van der Waals surface area contributed by atoms with Gasteiger partial charge in [-0.15, -0.1) is 0 Å². The Balaban J connectivity index is -0.0000000200. The number of rotatable bonds is 0. The molecule has 0 spiro atoms. The van der Waals surface area contributed by atoms with E-state index in [1.165, 1.54) is 0 Å². The molecule has 0 rings (SSSR count). The summed E-state index contributed by atoms with van der Waals surface area (Å²) in [6.45, 7) is 2.90. The Kier molecular flexibility index (Phi) is 731. The minimum Gasteiger partial charge on any atom is -0.344 e. The molecule has 0 aliphatic heterocycles. The monoisotopic (exact) mass is 75.1 g/mol. The lowest BCUT2D eigenvalue weighted by Crippen LogP contribution is -1.10. The van der Waals surface area contributed by atoms with Crippen molar-refractivity contribution >= 4 is 5.87 Å². The Morgan fingerprint density at radius 1 is 1.40 bits per heavy atom. The van der Waals surface area contributed by atoms with Crippen LogP contribution in [0.4, 0.5) is 0 Å². The lowest BCUT2D eigenvalue weighted by atomic mass is 11.2. The molecule has 0 heterocycles. The number of hydrogen-bond acceptors (Lipinski definition) is 3. The third kappa shape index (κ3) is 15.9. The minimum absolute atomic E-state index is 0. The Morgan fingerprint density at radius 2 is 1.40 bits per heavy atom. The first kappa shape index (κ1) is 26.4. The first-order valence-electron chi connectivity index (χ1n) is 0.604. The fraction of sp³-hybridized carbons (Fsp3) is 0. The predicted molar refractivity (Wildman–Crippen MR) is 23.4 cm³/mol. The van der Waals surface area contributed by atoms with E-state index >= 15 is 0 Å². The predicted octanol–water partition coefficient (Wildman–Crippen LogP) is 0.745. The van der Waals surface area contributed by atoms with Crippen LogP contribution in [0.1, 0.15) is 0 Å². The van der Waals surface area contributed by atoms with Crippen LogP contribution >= 0.6 is 0 Å². The summed E-state index contributed by atoms with van der Waals surface area (Å²) in [5, 5.41) is 5.85. The summed E-state index contributed by atoms with van der Waals surface area (Å²) >= 11 is 0. The largest absolute Gasteiger partial charge is 0.344 e. The molecule has 0 aromatic heterocycles.